The van der Waals surface area contributed by atoms with E-state index in [0.717, 1.165) is 22.8 Å². The van der Waals surface area contributed by atoms with Gasteiger partial charge in [-0.25, -0.2) is 0 Å². The van der Waals surface area contributed by atoms with E-state index in [0.29, 0.717) is 25.9 Å². The summed E-state index contributed by atoms with van der Waals surface area (Å²) in [6, 6.07) is 12.9. The van der Waals surface area contributed by atoms with Crippen molar-refractivity contribution in [1.82, 2.24) is 15.5 Å². The Morgan fingerprint density at radius 2 is 1.89 bits per heavy atom. The van der Waals surface area contributed by atoms with Gasteiger partial charge in [-0.05, 0) is 36.1 Å². The highest BCUT2D eigenvalue weighted by atomic mass is 16.2. The fourth-order valence-corrected chi connectivity index (χ4v) is 3.84. The summed E-state index contributed by atoms with van der Waals surface area (Å²) in [7, 11) is 0. The van der Waals surface area contributed by atoms with E-state index in [1.165, 1.54) is 6.92 Å². The highest BCUT2D eigenvalue weighted by Crippen LogP contribution is 2.21. The van der Waals surface area contributed by atoms with Crippen LogP contribution in [-0.2, 0) is 20.8 Å². The van der Waals surface area contributed by atoms with Crippen LogP contribution < -0.4 is 10.6 Å². The number of amides is 3. The maximum atomic E-state index is 13.2. The average molecular weight is 381 g/mol. The molecule has 3 rings (SSSR count). The van der Waals surface area contributed by atoms with Gasteiger partial charge < -0.3 is 15.5 Å². The Hall–Kier alpha value is -2.89. The molecule has 0 aromatic heterocycles. The lowest BCUT2D eigenvalue weighted by Crippen LogP contribution is -2.53. The molecule has 28 heavy (non-hydrogen) atoms. The first kappa shape index (κ1) is 19.9. The van der Waals surface area contributed by atoms with Gasteiger partial charge in [0.25, 0.3) is 0 Å². The van der Waals surface area contributed by atoms with Gasteiger partial charge in [-0.2, -0.15) is 0 Å². The van der Waals surface area contributed by atoms with E-state index < -0.39 is 12.1 Å². The molecule has 0 saturated carbocycles. The molecule has 0 aliphatic carbocycles. The fourth-order valence-electron chi connectivity index (χ4n) is 3.84. The van der Waals surface area contributed by atoms with Crippen molar-refractivity contribution < 1.29 is 14.4 Å². The SMILES string of the molecule is CCNC(=O)[C@@H]1CCCN1C(=O)[C@@H](Cc1ccc2ccccc2c1)NC(C)=O. The van der Waals surface area contributed by atoms with Gasteiger partial charge in [-0.3, -0.25) is 14.4 Å². The number of nitrogens with zero attached hydrogens (tertiary/aromatic N) is 1. The Kier molecular flexibility index (Phi) is 6.29. The maximum Gasteiger partial charge on any atom is 0.246 e. The number of likely N-dealkylation sites (tertiary alicyclic amines) is 1. The summed E-state index contributed by atoms with van der Waals surface area (Å²) in [5, 5.41) is 7.81. The summed E-state index contributed by atoms with van der Waals surface area (Å²) in [5.41, 5.74) is 0.972. The molecular formula is C22H27N3O3. The van der Waals surface area contributed by atoms with Crippen molar-refractivity contribution >= 4 is 28.5 Å². The standard InChI is InChI=1S/C22H27N3O3/c1-3-23-21(27)20-9-6-12-25(20)22(28)19(24-15(2)26)14-16-10-11-17-7-4-5-8-18(17)13-16/h4-5,7-8,10-11,13,19-20H,3,6,9,12,14H2,1-2H3,(H,23,27)(H,24,26)/t19-,20+/m1/s1. The van der Waals surface area contributed by atoms with Crippen LogP contribution >= 0.6 is 0 Å². The van der Waals surface area contributed by atoms with Gasteiger partial charge in [0.05, 0.1) is 0 Å². The number of rotatable bonds is 6. The van der Waals surface area contributed by atoms with Crippen molar-refractivity contribution in [2.24, 2.45) is 0 Å². The van der Waals surface area contributed by atoms with Crippen molar-refractivity contribution in [3.63, 3.8) is 0 Å². The van der Waals surface area contributed by atoms with Crippen LogP contribution in [0.1, 0.15) is 32.3 Å². The van der Waals surface area contributed by atoms with E-state index in [2.05, 4.69) is 10.6 Å². The van der Waals surface area contributed by atoms with Gasteiger partial charge in [-0.1, -0.05) is 42.5 Å². The van der Waals surface area contributed by atoms with Gasteiger partial charge in [0, 0.05) is 26.4 Å². The molecule has 1 aliphatic heterocycles. The molecule has 6 heteroatoms. The summed E-state index contributed by atoms with van der Waals surface area (Å²) in [6.07, 6.45) is 1.83. The maximum absolute atomic E-state index is 13.2. The number of benzene rings is 2. The van der Waals surface area contributed by atoms with E-state index in [4.69, 9.17) is 0 Å². The second kappa shape index (κ2) is 8.87. The van der Waals surface area contributed by atoms with Crippen molar-refractivity contribution in [2.75, 3.05) is 13.1 Å². The van der Waals surface area contributed by atoms with Gasteiger partial charge in [0.2, 0.25) is 17.7 Å². The topological polar surface area (TPSA) is 78.5 Å². The second-order valence-corrected chi connectivity index (χ2v) is 7.22. The zero-order valence-electron chi connectivity index (χ0n) is 16.4. The summed E-state index contributed by atoms with van der Waals surface area (Å²) in [5.74, 6) is -0.578. The molecule has 0 radical (unpaired) electrons. The lowest BCUT2D eigenvalue weighted by atomic mass is 10.0. The molecular weight excluding hydrogens is 354 g/mol. The van der Waals surface area contributed by atoms with E-state index >= 15 is 0 Å². The summed E-state index contributed by atoms with van der Waals surface area (Å²) >= 11 is 0. The minimum atomic E-state index is -0.686. The molecule has 3 amide bonds. The first-order valence-corrected chi connectivity index (χ1v) is 9.82. The minimum Gasteiger partial charge on any atom is -0.355 e. The molecule has 6 nitrogen and oxygen atoms in total. The van der Waals surface area contributed by atoms with Crippen LogP contribution in [0, 0.1) is 0 Å². The van der Waals surface area contributed by atoms with Crippen molar-refractivity contribution in [3.05, 3.63) is 48.0 Å². The number of likely N-dealkylation sites (N-methyl/N-ethyl adjacent to an activating group) is 1. The molecule has 1 heterocycles. The smallest absolute Gasteiger partial charge is 0.246 e. The Morgan fingerprint density at radius 1 is 1.14 bits per heavy atom. The van der Waals surface area contributed by atoms with Crippen LogP contribution in [0.3, 0.4) is 0 Å². The Labute approximate surface area is 165 Å². The third kappa shape index (κ3) is 4.50. The Morgan fingerprint density at radius 3 is 2.61 bits per heavy atom. The summed E-state index contributed by atoms with van der Waals surface area (Å²) in [4.78, 5) is 38.9. The normalized spacial score (nSPS) is 17.4. The van der Waals surface area contributed by atoms with Crippen LogP contribution in [-0.4, -0.2) is 47.8 Å². The summed E-state index contributed by atoms with van der Waals surface area (Å²) < 4.78 is 0. The number of carbonyl (C=O) groups excluding carboxylic acids is 3. The molecule has 2 N–H and O–H groups in total. The number of hydrogen-bond donors (Lipinski definition) is 2. The van der Waals surface area contributed by atoms with Crippen LogP contribution in [0.2, 0.25) is 0 Å². The minimum absolute atomic E-state index is 0.124. The molecule has 0 bridgehead atoms. The lowest BCUT2D eigenvalue weighted by molar-refractivity contribution is -0.141. The van der Waals surface area contributed by atoms with Crippen molar-refractivity contribution in [3.8, 4) is 0 Å². The third-order valence-corrected chi connectivity index (χ3v) is 5.12. The zero-order valence-corrected chi connectivity index (χ0v) is 16.4. The number of hydrogen-bond acceptors (Lipinski definition) is 3. The van der Waals surface area contributed by atoms with Gasteiger partial charge >= 0.3 is 0 Å². The van der Waals surface area contributed by atoms with E-state index in [1.807, 2.05) is 49.4 Å². The van der Waals surface area contributed by atoms with Gasteiger partial charge in [-0.15, -0.1) is 0 Å². The van der Waals surface area contributed by atoms with Gasteiger partial charge in [0.15, 0.2) is 0 Å². The molecule has 148 valence electrons. The van der Waals surface area contributed by atoms with Crippen molar-refractivity contribution in [2.45, 2.75) is 45.2 Å². The predicted octanol–water partition coefficient (Wildman–Crippen LogP) is 2.01. The molecule has 0 spiro atoms. The van der Waals surface area contributed by atoms with Crippen LogP contribution in [0.25, 0.3) is 10.8 Å². The first-order valence-electron chi connectivity index (χ1n) is 9.82. The van der Waals surface area contributed by atoms with Crippen LogP contribution in [0.4, 0.5) is 0 Å². The van der Waals surface area contributed by atoms with Crippen LogP contribution in [0.5, 0.6) is 0 Å². The molecule has 2 aromatic carbocycles. The molecule has 1 aliphatic rings. The Balaban J connectivity index is 1.81. The van der Waals surface area contributed by atoms with E-state index in [-0.39, 0.29) is 17.7 Å². The highest BCUT2D eigenvalue weighted by Gasteiger charge is 2.37. The third-order valence-electron chi connectivity index (χ3n) is 5.12. The van der Waals surface area contributed by atoms with Gasteiger partial charge in [0.1, 0.15) is 12.1 Å². The van der Waals surface area contributed by atoms with Crippen LogP contribution in [0.15, 0.2) is 42.5 Å². The largest absolute Gasteiger partial charge is 0.355 e. The molecule has 2 aromatic rings. The fraction of sp³-hybridized carbons (Fsp3) is 0.409. The molecule has 1 saturated heterocycles. The zero-order chi connectivity index (χ0) is 20.1. The van der Waals surface area contributed by atoms with Crippen molar-refractivity contribution in [1.29, 1.82) is 0 Å². The first-order chi connectivity index (χ1) is 13.5. The Bertz CT molecular complexity index is 880. The highest BCUT2D eigenvalue weighted by molar-refractivity contribution is 5.92. The number of fused-ring (bicyclic) bond motifs is 1. The summed E-state index contributed by atoms with van der Waals surface area (Å²) in [6.45, 7) is 4.34. The monoisotopic (exact) mass is 381 g/mol. The molecule has 1 fully saturated rings. The second-order valence-electron chi connectivity index (χ2n) is 7.22. The predicted molar refractivity (Wildman–Crippen MR) is 109 cm³/mol. The van der Waals surface area contributed by atoms with E-state index in [9.17, 15) is 14.4 Å². The molecule has 2 atom stereocenters. The lowest BCUT2D eigenvalue weighted by Gasteiger charge is -2.28. The molecule has 0 unspecified atom stereocenters. The average Bonchev–Trinajstić information content (AvgIpc) is 3.16. The van der Waals surface area contributed by atoms with E-state index in [1.54, 1.807) is 4.90 Å². The number of nitrogens with one attached hydrogen (secondary N) is 2. The number of carbonyl (C=O) groups is 3. The quantitative estimate of drug-likeness (QED) is 0.804.